The molecule has 0 saturated carbocycles. The lowest BCUT2D eigenvalue weighted by Gasteiger charge is -2.27. The van der Waals surface area contributed by atoms with Crippen molar-refractivity contribution < 1.29 is 5.11 Å². The number of fused-ring (bicyclic) bond motifs is 2. The zero-order valence-corrected chi connectivity index (χ0v) is 33.1. The van der Waals surface area contributed by atoms with Crippen molar-refractivity contribution in [1.29, 1.82) is 0 Å². The smallest absolute Gasteiger partial charge is 0.149 e. The van der Waals surface area contributed by atoms with Crippen molar-refractivity contribution >= 4 is 21.9 Å². The lowest BCUT2D eigenvalue weighted by molar-refractivity contribution is 0.446. The van der Waals surface area contributed by atoms with E-state index < -0.39 is 0 Å². The van der Waals surface area contributed by atoms with Gasteiger partial charge < -0.3 is 5.11 Å². The van der Waals surface area contributed by atoms with Gasteiger partial charge in [-0.3, -0.25) is 4.57 Å². The summed E-state index contributed by atoms with van der Waals surface area (Å²) in [5.41, 5.74) is 13.7. The van der Waals surface area contributed by atoms with Crippen LogP contribution in [0.15, 0.2) is 140 Å². The van der Waals surface area contributed by atoms with Gasteiger partial charge in [0, 0.05) is 27.6 Å². The van der Waals surface area contributed by atoms with Gasteiger partial charge in [-0.15, -0.1) is 0 Å². The molecule has 2 heterocycles. The molecule has 6 aromatic carbocycles. The fourth-order valence-electron chi connectivity index (χ4n) is 7.61. The summed E-state index contributed by atoms with van der Waals surface area (Å²) in [6.07, 6.45) is 0. The van der Waals surface area contributed by atoms with Gasteiger partial charge in [-0.25, -0.2) is 9.97 Å². The molecule has 4 heteroatoms. The van der Waals surface area contributed by atoms with Crippen LogP contribution in [0.2, 0.25) is 0 Å². The predicted octanol–water partition coefficient (Wildman–Crippen LogP) is 13.7. The monoisotopic (exact) mass is 719 g/mol. The van der Waals surface area contributed by atoms with E-state index in [4.69, 9.17) is 9.97 Å². The van der Waals surface area contributed by atoms with Gasteiger partial charge >= 0.3 is 0 Å². The Morgan fingerprint density at radius 1 is 0.564 bits per heavy atom. The molecule has 0 aliphatic heterocycles. The molecule has 0 spiro atoms. The first-order chi connectivity index (χ1) is 26.3. The van der Waals surface area contributed by atoms with E-state index in [0.29, 0.717) is 11.7 Å². The topological polar surface area (TPSA) is 50.9 Å². The molecule has 0 unspecified atom stereocenters. The molecule has 0 fully saturated rings. The maximum absolute atomic E-state index is 12.3. The molecule has 0 aliphatic carbocycles. The molecular formula is C51H49N3O. The minimum Gasteiger partial charge on any atom is -0.507 e. The SMILES string of the molecule is CC(C)c1cc(-c2ccc3ccccc3n2)cc(-c2cccc3c2nc(-c2cc(C(C)(C)C)cc(C(C)(C)C)c2O)n3-c2ccccc2-c2ccccc2)c1. The van der Waals surface area contributed by atoms with Crippen molar-refractivity contribution in [2.45, 2.75) is 72.1 Å². The van der Waals surface area contributed by atoms with Crippen LogP contribution in [0, 0.1) is 0 Å². The molecule has 0 saturated heterocycles. The Kier molecular flexibility index (Phi) is 8.96. The van der Waals surface area contributed by atoms with Gasteiger partial charge in [-0.2, -0.15) is 0 Å². The van der Waals surface area contributed by atoms with E-state index in [1.54, 1.807) is 0 Å². The molecule has 274 valence electrons. The maximum atomic E-state index is 12.3. The number of phenolic OH excluding ortho intramolecular Hbond substituents is 1. The molecule has 0 aliphatic rings. The van der Waals surface area contributed by atoms with E-state index in [-0.39, 0.29) is 16.6 Å². The predicted molar refractivity (Wildman–Crippen MR) is 231 cm³/mol. The number of aromatic hydroxyl groups is 1. The molecule has 1 N–H and O–H groups in total. The number of rotatable bonds is 6. The van der Waals surface area contributed by atoms with Crippen LogP contribution < -0.4 is 0 Å². The van der Waals surface area contributed by atoms with E-state index in [1.165, 1.54) is 5.56 Å². The quantitative estimate of drug-likeness (QED) is 0.186. The molecule has 0 amide bonds. The lowest BCUT2D eigenvalue weighted by atomic mass is 9.79. The Morgan fingerprint density at radius 2 is 1.25 bits per heavy atom. The minimum atomic E-state index is -0.297. The lowest BCUT2D eigenvalue weighted by Crippen LogP contribution is -2.17. The third-order valence-corrected chi connectivity index (χ3v) is 10.8. The third kappa shape index (κ3) is 6.71. The first kappa shape index (κ1) is 36.0. The van der Waals surface area contributed by atoms with E-state index in [9.17, 15) is 5.11 Å². The van der Waals surface area contributed by atoms with Crippen molar-refractivity contribution in [3.05, 3.63) is 156 Å². The second-order valence-corrected chi connectivity index (χ2v) is 17.1. The zero-order chi connectivity index (χ0) is 38.6. The highest BCUT2D eigenvalue weighted by atomic mass is 16.3. The second-order valence-electron chi connectivity index (χ2n) is 17.1. The van der Waals surface area contributed by atoms with Crippen LogP contribution in [0.4, 0.5) is 0 Å². The summed E-state index contributed by atoms with van der Waals surface area (Å²) in [5.74, 6) is 1.27. The largest absolute Gasteiger partial charge is 0.507 e. The van der Waals surface area contributed by atoms with Crippen molar-refractivity contribution in [3.63, 3.8) is 0 Å². The van der Waals surface area contributed by atoms with E-state index >= 15 is 0 Å². The number of phenols is 1. The number of hydrogen-bond acceptors (Lipinski definition) is 3. The van der Waals surface area contributed by atoms with Gasteiger partial charge in [-0.1, -0.05) is 152 Å². The van der Waals surface area contributed by atoms with E-state index in [1.807, 2.05) is 12.1 Å². The molecule has 0 atom stereocenters. The van der Waals surface area contributed by atoms with Crippen LogP contribution in [0.1, 0.15) is 78.0 Å². The summed E-state index contributed by atoms with van der Waals surface area (Å²) in [4.78, 5) is 10.7. The highest BCUT2D eigenvalue weighted by Crippen LogP contribution is 2.45. The number of nitrogens with zero attached hydrogens (tertiary/aromatic N) is 3. The minimum absolute atomic E-state index is 0.156. The Hall–Kier alpha value is -6.00. The third-order valence-electron chi connectivity index (χ3n) is 10.8. The normalized spacial score (nSPS) is 12.2. The van der Waals surface area contributed by atoms with E-state index in [2.05, 4.69) is 187 Å². The molecule has 0 bridgehead atoms. The average molecular weight is 720 g/mol. The summed E-state index contributed by atoms with van der Waals surface area (Å²) >= 11 is 0. The summed E-state index contributed by atoms with van der Waals surface area (Å²) in [6.45, 7) is 17.6. The van der Waals surface area contributed by atoms with Crippen molar-refractivity contribution in [2.75, 3.05) is 0 Å². The highest BCUT2D eigenvalue weighted by molar-refractivity contribution is 5.98. The van der Waals surface area contributed by atoms with Gasteiger partial charge in [0.15, 0.2) is 0 Å². The first-order valence-corrected chi connectivity index (χ1v) is 19.3. The van der Waals surface area contributed by atoms with Gasteiger partial charge in [0.25, 0.3) is 0 Å². The Balaban J connectivity index is 1.45. The maximum Gasteiger partial charge on any atom is 0.149 e. The van der Waals surface area contributed by atoms with Crippen LogP contribution >= 0.6 is 0 Å². The fourth-order valence-corrected chi connectivity index (χ4v) is 7.61. The Bertz CT molecular complexity index is 2710. The molecule has 8 rings (SSSR count). The number of imidazole rings is 1. The average Bonchev–Trinajstić information content (AvgIpc) is 3.56. The molecular weight excluding hydrogens is 671 g/mol. The second kappa shape index (κ2) is 13.7. The zero-order valence-electron chi connectivity index (χ0n) is 33.1. The van der Waals surface area contributed by atoms with Gasteiger partial charge in [0.2, 0.25) is 0 Å². The molecule has 4 nitrogen and oxygen atoms in total. The number of pyridine rings is 1. The molecule has 55 heavy (non-hydrogen) atoms. The number of aromatic nitrogens is 3. The van der Waals surface area contributed by atoms with Crippen LogP contribution in [0.5, 0.6) is 5.75 Å². The van der Waals surface area contributed by atoms with Crippen molar-refractivity contribution in [2.24, 2.45) is 0 Å². The Morgan fingerprint density at radius 3 is 2.00 bits per heavy atom. The standard InChI is InChI=1S/C51H49N3O/c1-32(2)35-27-36(29-37(28-35)44-26-25-34-19-12-14-22-43(34)52-44)40-21-16-24-46-47(40)53-49(41-30-38(50(3,4)5)31-42(48(41)55)51(6,7)8)54(46)45-23-15-13-20-39(45)33-17-10-9-11-18-33/h9-32,55H,1-8H3. The fraction of sp³-hybridized carbons (Fsp3) is 0.216. The first-order valence-electron chi connectivity index (χ1n) is 19.3. The summed E-state index contributed by atoms with van der Waals surface area (Å²) in [6, 6.07) is 49.2. The van der Waals surface area contributed by atoms with Crippen LogP contribution in [-0.4, -0.2) is 19.6 Å². The van der Waals surface area contributed by atoms with Gasteiger partial charge in [0.05, 0.1) is 33.5 Å². The number of para-hydroxylation sites is 3. The van der Waals surface area contributed by atoms with Crippen molar-refractivity contribution in [1.82, 2.24) is 14.5 Å². The number of benzene rings is 6. The summed E-state index contributed by atoms with van der Waals surface area (Å²) < 4.78 is 2.26. The molecule has 8 aromatic rings. The van der Waals surface area contributed by atoms with Gasteiger partial charge in [0.1, 0.15) is 11.6 Å². The van der Waals surface area contributed by atoms with Crippen LogP contribution in [-0.2, 0) is 10.8 Å². The van der Waals surface area contributed by atoms with E-state index in [0.717, 1.165) is 77.8 Å². The molecule has 2 aromatic heterocycles. The summed E-state index contributed by atoms with van der Waals surface area (Å²) in [5, 5.41) is 13.4. The van der Waals surface area contributed by atoms with Crippen molar-refractivity contribution in [3.8, 4) is 56.3 Å². The number of hydrogen-bond donors (Lipinski definition) is 1. The Labute approximate surface area is 325 Å². The molecule has 0 radical (unpaired) electrons. The van der Waals surface area contributed by atoms with Crippen LogP contribution in [0.3, 0.4) is 0 Å². The van der Waals surface area contributed by atoms with Crippen LogP contribution in [0.25, 0.3) is 72.5 Å². The van der Waals surface area contributed by atoms with Gasteiger partial charge in [-0.05, 0) is 81.5 Å². The summed E-state index contributed by atoms with van der Waals surface area (Å²) in [7, 11) is 0. The highest BCUT2D eigenvalue weighted by Gasteiger charge is 2.29.